The van der Waals surface area contributed by atoms with E-state index in [9.17, 15) is 14.4 Å². The predicted octanol–water partition coefficient (Wildman–Crippen LogP) is 15.8. The summed E-state index contributed by atoms with van der Waals surface area (Å²) >= 11 is 0. The molecule has 0 aliphatic heterocycles. The molecular formula is C50H94O6. The third-order valence-corrected chi connectivity index (χ3v) is 11.0. The highest BCUT2D eigenvalue weighted by molar-refractivity contribution is 5.71. The van der Waals surface area contributed by atoms with E-state index in [1.165, 1.54) is 173 Å². The Morgan fingerprint density at radius 2 is 0.589 bits per heavy atom. The number of allylic oxidation sites excluding steroid dienone is 2. The lowest BCUT2D eigenvalue weighted by molar-refractivity contribution is -0.167. The van der Waals surface area contributed by atoms with Crippen LogP contribution < -0.4 is 0 Å². The van der Waals surface area contributed by atoms with Gasteiger partial charge in [0.25, 0.3) is 0 Å². The van der Waals surface area contributed by atoms with Gasteiger partial charge in [-0.15, -0.1) is 0 Å². The molecule has 0 aromatic heterocycles. The molecule has 0 saturated heterocycles. The standard InChI is InChI=1S/C50H94O6/c1-4-7-10-13-16-19-21-23-24-25-26-27-29-31-34-37-40-43-49(52)55-46-47(45-54-48(51)42-39-36-33-30-18-15-12-9-6-3)56-50(53)44-41-38-35-32-28-22-20-17-14-11-8-5-2/h23-24,47H,4-22,25-46H2,1-3H3/b24-23-/t47-/m1/s1. The summed E-state index contributed by atoms with van der Waals surface area (Å²) in [5, 5.41) is 0. The van der Waals surface area contributed by atoms with E-state index in [-0.39, 0.29) is 31.1 Å². The molecule has 0 aromatic carbocycles. The van der Waals surface area contributed by atoms with Crippen molar-refractivity contribution in [3.05, 3.63) is 12.2 Å². The normalized spacial score (nSPS) is 12.0. The molecule has 0 N–H and O–H groups in total. The highest BCUT2D eigenvalue weighted by atomic mass is 16.6. The Morgan fingerprint density at radius 3 is 0.893 bits per heavy atom. The molecule has 0 radical (unpaired) electrons. The molecule has 6 nitrogen and oxygen atoms in total. The van der Waals surface area contributed by atoms with Gasteiger partial charge in [-0.05, 0) is 44.9 Å². The zero-order chi connectivity index (χ0) is 40.8. The maximum atomic E-state index is 12.7. The van der Waals surface area contributed by atoms with Gasteiger partial charge in [-0.25, -0.2) is 0 Å². The molecule has 56 heavy (non-hydrogen) atoms. The van der Waals surface area contributed by atoms with Crippen LogP contribution in [0.15, 0.2) is 12.2 Å². The zero-order valence-electron chi connectivity index (χ0n) is 37.7. The SMILES string of the molecule is CCCCCCCC/C=C\CCCCCCCCCC(=O)OC[C@@H](COC(=O)CCCCCCCCCCC)OC(=O)CCCCCCCCCCCCCC. The summed E-state index contributed by atoms with van der Waals surface area (Å²) in [6, 6.07) is 0. The summed E-state index contributed by atoms with van der Waals surface area (Å²) in [5.74, 6) is -0.862. The van der Waals surface area contributed by atoms with E-state index < -0.39 is 6.10 Å². The van der Waals surface area contributed by atoms with Gasteiger partial charge in [0, 0.05) is 19.3 Å². The van der Waals surface area contributed by atoms with Crippen molar-refractivity contribution in [2.45, 2.75) is 277 Å². The second-order valence-corrected chi connectivity index (χ2v) is 16.7. The largest absolute Gasteiger partial charge is 0.462 e. The van der Waals surface area contributed by atoms with Gasteiger partial charge < -0.3 is 14.2 Å². The quantitative estimate of drug-likeness (QED) is 0.0264. The van der Waals surface area contributed by atoms with Gasteiger partial charge in [0.2, 0.25) is 0 Å². The Labute approximate surface area is 348 Å². The average molecular weight is 791 g/mol. The summed E-state index contributed by atoms with van der Waals surface area (Å²) in [7, 11) is 0. The van der Waals surface area contributed by atoms with Crippen molar-refractivity contribution in [1.29, 1.82) is 0 Å². The lowest BCUT2D eigenvalue weighted by atomic mass is 10.0. The number of hydrogen-bond donors (Lipinski definition) is 0. The van der Waals surface area contributed by atoms with E-state index in [0.29, 0.717) is 19.3 Å². The molecular weight excluding hydrogens is 697 g/mol. The van der Waals surface area contributed by atoms with Crippen LogP contribution in [0, 0.1) is 0 Å². The van der Waals surface area contributed by atoms with Gasteiger partial charge in [0.1, 0.15) is 13.2 Å². The monoisotopic (exact) mass is 791 g/mol. The number of rotatable bonds is 45. The van der Waals surface area contributed by atoms with Crippen molar-refractivity contribution in [2.75, 3.05) is 13.2 Å². The topological polar surface area (TPSA) is 78.9 Å². The van der Waals surface area contributed by atoms with Gasteiger partial charge in [-0.2, -0.15) is 0 Å². The first-order chi connectivity index (χ1) is 27.5. The Kier molecular flexibility index (Phi) is 44.3. The van der Waals surface area contributed by atoms with Crippen LogP contribution in [0.1, 0.15) is 271 Å². The maximum Gasteiger partial charge on any atom is 0.306 e. The lowest BCUT2D eigenvalue weighted by Gasteiger charge is -2.18. The number of esters is 3. The third kappa shape index (κ3) is 43.3. The van der Waals surface area contributed by atoms with Crippen LogP contribution >= 0.6 is 0 Å². The average Bonchev–Trinajstić information content (AvgIpc) is 3.19. The molecule has 0 spiro atoms. The van der Waals surface area contributed by atoms with Crippen molar-refractivity contribution in [2.24, 2.45) is 0 Å². The molecule has 0 heterocycles. The first kappa shape index (κ1) is 54.2. The van der Waals surface area contributed by atoms with Crippen LogP contribution in [0.2, 0.25) is 0 Å². The summed E-state index contributed by atoms with van der Waals surface area (Å²) in [5.41, 5.74) is 0. The van der Waals surface area contributed by atoms with Crippen LogP contribution in [-0.4, -0.2) is 37.2 Å². The highest BCUT2D eigenvalue weighted by Gasteiger charge is 2.19. The Bertz CT molecular complexity index is 870. The van der Waals surface area contributed by atoms with Crippen molar-refractivity contribution < 1.29 is 28.6 Å². The van der Waals surface area contributed by atoms with E-state index in [0.717, 1.165) is 57.8 Å². The lowest BCUT2D eigenvalue weighted by Crippen LogP contribution is -2.30. The van der Waals surface area contributed by atoms with E-state index in [2.05, 4.69) is 32.9 Å². The molecule has 0 saturated carbocycles. The van der Waals surface area contributed by atoms with Crippen LogP contribution in [0.4, 0.5) is 0 Å². The van der Waals surface area contributed by atoms with Gasteiger partial charge in [0.15, 0.2) is 6.10 Å². The third-order valence-electron chi connectivity index (χ3n) is 11.0. The predicted molar refractivity (Wildman–Crippen MR) is 238 cm³/mol. The second kappa shape index (κ2) is 45.8. The molecule has 6 heteroatoms. The molecule has 0 amide bonds. The van der Waals surface area contributed by atoms with E-state index in [1.807, 2.05) is 0 Å². The van der Waals surface area contributed by atoms with Crippen molar-refractivity contribution in [3.8, 4) is 0 Å². The molecule has 1 atom stereocenters. The fourth-order valence-corrected chi connectivity index (χ4v) is 7.26. The molecule has 0 unspecified atom stereocenters. The minimum atomic E-state index is -0.763. The molecule has 330 valence electrons. The van der Waals surface area contributed by atoms with Crippen molar-refractivity contribution in [1.82, 2.24) is 0 Å². The van der Waals surface area contributed by atoms with Crippen LogP contribution in [-0.2, 0) is 28.6 Å². The van der Waals surface area contributed by atoms with E-state index in [1.54, 1.807) is 0 Å². The maximum absolute atomic E-state index is 12.7. The van der Waals surface area contributed by atoms with Gasteiger partial charge in [-0.3, -0.25) is 14.4 Å². The first-order valence-corrected chi connectivity index (χ1v) is 24.7. The van der Waals surface area contributed by atoms with Crippen LogP contribution in [0.3, 0.4) is 0 Å². The smallest absolute Gasteiger partial charge is 0.306 e. The van der Waals surface area contributed by atoms with Gasteiger partial charge in [-0.1, -0.05) is 219 Å². The fraction of sp³-hybridized carbons (Fsp3) is 0.900. The van der Waals surface area contributed by atoms with Gasteiger partial charge >= 0.3 is 17.9 Å². The molecule has 0 aromatic rings. The Hall–Kier alpha value is -1.85. The number of carbonyl (C=O) groups excluding carboxylic acids is 3. The minimum Gasteiger partial charge on any atom is -0.462 e. The Balaban J connectivity index is 4.28. The fourth-order valence-electron chi connectivity index (χ4n) is 7.26. The summed E-state index contributed by atoms with van der Waals surface area (Å²) in [4.78, 5) is 37.8. The number of hydrogen-bond acceptors (Lipinski definition) is 6. The summed E-state index contributed by atoms with van der Waals surface area (Å²) in [6.45, 7) is 6.63. The van der Waals surface area contributed by atoms with Crippen molar-refractivity contribution >= 4 is 17.9 Å². The van der Waals surface area contributed by atoms with Gasteiger partial charge in [0.05, 0.1) is 0 Å². The van der Waals surface area contributed by atoms with Crippen molar-refractivity contribution in [3.63, 3.8) is 0 Å². The zero-order valence-corrected chi connectivity index (χ0v) is 37.7. The first-order valence-electron chi connectivity index (χ1n) is 24.7. The number of unbranched alkanes of at least 4 members (excludes halogenated alkanes) is 32. The minimum absolute atomic E-state index is 0.0668. The second-order valence-electron chi connectivity index (χ2n) is 16.7. The molecule has 0 fully saturated rings. The highest BCUT2D eigenvalue weighted by Crippen LogP contribution is 2.15. The van der Waals surface area contributed by atoms with E-state index in [4.69, 9.17) is 14.2 Å². The Morgan fingerprint density at radius 1 is 0.339 bits per heavy atom. The number of ether oxygens (including phenoxy) is 3. The van der Waals surface area contributed by atoms with Crippen LogP contribution in [0.5, 0.6) is 0 Å². The number of carbonyl (C=O) groups is 3. The summed E-state index contributed by atoms with van der Waals surface area (Å²) in [6.07, 6.45) is 49.1. The molecule has 0 rings (SSSR count). The molecule has 0 aliphatic rings. The molecule has 0 aliphatic carbocycles. The molecule has 0 bridgehead atoms. The van der Waals surface area contributed by atoms with E-state index >= 15 is 0 Å². The summed E-state index contributed by atoms with van der Waals surface area (Å²) < 4.78 is 16.7. The van der Waals surface area contributed by atoms with Crippen LogP contribution in [0.25, 0.3) is 0 Å².